The second kappa shape index (κ2) is 9.83. The van der Waals surface area contributed by atoms with Gasteiger partial charge >= 0.3 is 0 Å². The van der Waals surface area contributed by atoms with Crippen LogP contribution >= 0.6 is 11.6 Å². The molecule has 0 aliphatic carbocycles. The van der Waals surface area contributed by atoms with Crippen molar-refractivity contribution in [2.24, 2.45) is 0 Å². The van der Waals surface area contributed by atoms with Gasteiger partial charge in [-0.2, -0.15) is 0 Å². The van der Waals surface area contributed by atoms with Gasteiger partial charge in [-0.05, 0) is 48.5 Å². The van der Waals surface area contributed by atoms with E-state index in [9.17, 15) is 4.79 Å². The average Bonchev–Trinajstić information content (AvgIpc) is 3.28. The van der Waals surface area contributed by atoms with E-state index in [-0.39, 0.29) is 12.0 Å². The number of hydrogen-bond acceptors (Lipinski definition) is 6. The normalized spacial score (nSPS) is 14.5. The Morgan fingerprint density at radius 1 is 1.06 bits per heavy atom. The van der Waals surface area contributed by atoms with Gasteiger partial charge in [0.15, 0.2) is 0 Å². The summed E-state index contributed by atoms with van der Waals surface area (Å²) in [5.74, 6) is 2.59. The van der Waals surface area contributed by atoms with E-state index < -0.39 is 0 Å². The molecule has 0 atom stereocenters. The standard InChI is InChI=1S/C23H24ClN3O4/c1-29-18-6-8-19(9-7-18)30-20-12-14-27(15-13-20)22(28)11-10-21-25-26-23(31-21)16-2-4-17(24)5-3-16/h2-9,20H,10-15H2,1H3. The maximum atomic E-state index is 12.6. The molecule has 1 aliphatic rings. The van der Waals surface area contributed by atoms with Crippen molar-refractivity contribution in [3.8, 4) is 23.0 Å². The highest BCUT2D eigenvalue weighted by Crippen LogP contribution is 2.23. The Balaban J connectivity index is 1.22. The molecular formula is C23H24ClN3O4. The van der Waals surface area contributed by atoms with Crippen LogP contribution in [0.25, 0.3) is 11.5 Å². The maximum Gasteiger partial charge on any atom is 0.247 e. The van der Waals surface area contributed by atoms with Crippen molar-refractivity contribution in [1.29, 1.82) is 0 Å². The summed E-state index contributed by atoms with van der Waals surface area (Å²) in [7, 11) is 1.64. The molecule has 2 aromatic carbocycles. The lowest BCUT2D eigenvalue weighted by Gasteiger charge is -2.32. The van der Waals surface area contributed by atoms with E-state index >= 15 is 0 Å². The third-order valence-corrected chi connectivity index (χ3v) is 5.52. The van der Waals surface area contributed by atoms with Gasteiger partial charge in [-0.25, -0.2) is 0 Å². The number of carbonyl (C=O) groups is 1. The molecule has 162 valence electrons. The Labute approximate surface area is 185 Å². The fourth-order valence-corrected chi connectivity index (χ4v) is 3.63. The second-order valence-electron chi connectivity index (χ2n) is 7.38. The summed E-state index contributed by atoms with van der Waals surface area (Å²) < 4.78 is 16.9. The molecule has 0 N–H and O–H groups in total. The quantitative estimate of drug-likeness (QED) is 0.540. The molecule has 1 aliphatic heterocycles. The number of halogens is 1. The smallest absolute Gasteiger partial charge is 0.247 e. The van der Waals surface area contributed by atoms with Crippen molar-refractivity contribution in [1.82, 2.24) is 15.1 Å². The molecule has 7 nitrogen and oxygen atoms in total. The van der Waals surface area contributed by atoms with Crippen LogP contribution in [-0.4, -0.2) is 47.3 Å². The average molecular weight is 442 g/mol. The highest BCUT2D eigenvalue weighted by molar-refractivity contribution is 6.30. The molecular weight excluding hydrogens is 418 g/mol. The molecule has 0 unspecified atom stereocenters. The van der Waals surface area contributed by atoms with Crippen LogP contribution < -0.4 is 9.47 Å². The van der Waals surface area contributed by atoms with E-state index in [0.29, 0.717) is 42.7 Å². The number of hydrogen-bond donors (Lipinski definition) is 0. The Morgan fingerprint density at radius 3 is 2.42 bits per heavy atom. The third-order valence-electron chi connectivity index (χ3n) is 5.27. The number of benzene rings is 2. The second-order valence-corrected chi connectivity index (χ2v) is 7.82. The van der Waals surface area contributed by atoms with Gasteiger partial charge < -0.3 is 18.8 Å². The van der Waals surface area contributed by atoms with Gasteiger partial charge in [0.2, 0.25) is 17.7 Å². The summed E-state index contributed by atoms with van der Waals surface area (Å²) in [5.41, 5.74) is 0.799. The van der Waals surface area contributed by atoms with Gasteiger partial charge in [-0.1, -0.05) is 11.6 Å². The molecule has 31 heavy (non-hydrogen) atoms. The fraction of sp³-hybridized carbons (Fsp3) is 0.348. The first-order chi connectivity index (χ1) is 15.1. The van der Waals surface area contributed by atoms with E-state index in [1.54, 1.807) is 19.2 Å². The number of ether oxygens (including phenoxy) is 2. The Kier molecular flexibility index (Phi) is 6.72. The highest BCUT2D eigenvalue weighted by Gasteiger charge is 2.24. The molecule has 2 heterocycles. The number of carbonyl (C=O) groups excluding carboxylic acids is 1. The lowest BCUT2D eigenvalue weighted by Crippen LogP contribution is -2.41. The molecule has 0 saturated carbocycles. The van der Waals surface area contributed by atoms with Gasteiger partial charge in [0.1, 0.15) is 17.6 Å². The van der Waals surface area contributed by atoms with E-state index in [2.05, 4.69) is 10.2 Å². The van der Waals surface area contributed by atoms with Gasteiger partial charge in [0.05, 0.1) is 7.11 Å². The molecule has 1 amide bonds. The number of amides is 1. The minimum Gasteiger partial charge on any atom is -0.497 e. The maximum absolute atomic E-state index is 12.6. The van der Waals surface area contributed by atoms with Crippen LogP contribution in [0.3, 0.4) is 0 Å². The lowest BCUT2D eigenvalue weighted by molar-refractivity contribution is -0.133. The number of nitrogens with zero attached hydrogens (tertiary/aromatic N) is 3. The largest absolute Gasteiger partial charge is 0.497 e. The van der Waals surface area contributed by atoms with Crippen LogP contribution in [0.1, 0.15) is 25.2 Å². The van der Waals surface area contributed by atoms with E-state index in [4.69, 9.17) is 25.5 Å². The summed E-state index contributed by atoms with van der Waals surface area (Å²) in [6.07, 6.45) is 2.47. The van der Waals surface area contributed by atoms with Gasteiger partial charge in [0, 0.05) is 49.4 Å². The molecule has 1 fully saturated rings. The number of piperidine rings is 1. The molecule has 0 radical (unpaired) electrons. The van der Waals surface area contributed by atoms with Crippen molar-refractivity contribution in [2.75, 3.05) is 20.2 Å². The molecule has 8 heteroatoms. The first-order valence-electron chi connectivity index (χ1n) is 10.3. The van der Waals surface area contributed by atoms with E-state index in [0.717, 1.165) is 29.9 Å². The monoisotopic (exact) mass is 441 g/mol. The Bertz CT molecular complexity index is 996. The Morgan fingerprint density at radius 2 is 1.74 bits per heavy atom. The minimum atomic E-state index is 0.0918. The predicted molar refractivity (Wildman–Crippen MR) is 116 cm³/mol. The van der Waals surface area contributed by atoms with Crippen LogP contribution in [-0.2, 0) is 11.2 Å². The van der Waals surface area contributed by atoms with Crippen LogP contribution in [0.5, 0.6) is 11.5 Å². The van der Waals surface area contributed by atoms with Crippen molar-refractivity contribution < 1.29 is 18.7 Å². The molecule has 4 rings (SSSR count). The third kappa shape index (κ3) is 5.55. The lowest BCUT2D eigenvalue weighted by atomic mass is 10.1. The first-order valence-corrected chi connectivity index (χ1v) is 10.7. The summed E-state index contributed by atoms with van der Waals surface area (Å²) in [4.78, 5) is 14.5. The topological polar surface area (TPSA) is 77.7 Å². The van der Waals surface area contributed by atoms with Gasteiger partial charge in [-0.3, -0.25) is 4.79 Å². The van der Waals surface area contributed by atoms with E-state index in [1.165, 1.54) is 0 Å². The molecule has 0 spiro atoms. The number of rotatable bonds is 7. The van der Waals surface area contributed by atoms with Crippen LogP contribution in [0.4, 0.5) is 0 Å². The molecule has 3 aromatic rings. The zero-order valence-corrected chi connectivity index (χ0v) is 18.0. The molecule has 0 bridgehead atoms. The SMILES string of the molecule is COc1ccc(OC2CCN(C(=O)CCc3nnc(-c4ccc(Cl)cc4)o3)CC2)cc1. The highest BCUT2D eigenvalue weighted by atomic mass is 35.5. The van der Waals surface area contributed by atoms with Crippen LogP contribution in [0.15, 0.2) is 52.9 Å². The summed E-state index contributed by atoms with van der Waals surface area (Å²) in [6.45, 7) is 1.36. The van der Waals surface area contributed by atoms with Gasteiger partial charge in [0.25, 0.3) is 0 Å². The minimum absolute atomic E-state index is 0.0918. The predicted octanol–water partition coefficient (Wildman–Crippen LogP) is 4.40. The van der Waals surface area contributed by atoms with Crippen molar-refractivity contribution >= 4 is 17.5 Å². The molecule has 1 saturated heterocycles. The van der Waals surface area contributed by atoms with Gasteiger partial charge in [-0.15, -0.1) is 10.2 Å². The number of aromatic nitrogens is 2. The van der Waals surface area contributed by atoms with Crippen molar-refractivity contribution in [3.05, 3.63) is 59.4 Å². The van der Waals surface area contributed by atoms with E-state index in [1.807, 2.05) is 41.3 Å². The zero-order chi connectivity index (χ0) is 21.6. The van der Waals surface area contributed by atoms with Crippen LogP contribution in [0.2, 0.25) is 5.02 Å². The summed E-state index contributed by atoms with van der Waals surface area (Å²) in [5, 5.41) is 8.76. The number of likely N-dealkylation sites (tertiary alicyclic amines) is 1. The summed E-state index contributed by atoms with van der Waals surface area (Å²) >= 11 is 5.90. The number of methoxy groups -OCH3 is 1. The van der Waals surface area contributed by atoms with Crippen molar-refractivity contribution in [3.63, 3.8) is 0 Å². The fourth-order valence-electron chi connectivity index (χ4n) is 3.51. The van der Waals surface area contributed by atoms with Crippen molar-refractivity contribution in [2.45, 2.75) is 31.8 Å². The molecule has 1 aromatic heterocycles. The first kappa shape index (κ1) is 21.2. The zero-order valence-electron chi connectivity index (χ0n) is 17.3. The Hall–Kier alpha value is -3.06. The van der Waals surface area contributed by atoms with Crippen LogP contribution in [0, 0.1) is 0 Å². The number of aryl methyl sites for hydroxylation is 1. The summed E-state index contributed by atoms with van der Waals surface area (Å²) in [6, 6.07) is 14.7.